The fraction of sp³-hybridized carbons (Fsp3) is 0.625. The first-order valence-corrected chi connectivity index (χ1v) is 4.03. The lowest BCUT2D eigenvalue weighted by molar-refractivity contribution is 0.415. The molecular formula is C8H16N4. The number of hydrazone groups is 1. The third-order valence-electron chi connectivity index (χ3n) is 2.01. The zero-order valence-electron chi connectivity index (χ0n) is 8.13. The maximum absolute atomic E-state index is 4.35. The van der Waals surface area contributed by atoms with Crippen molar-refractivity contribution in [3.05, 3.63) is 11.9 Å². The normalized spacial score (nSPS) is 18.3. The number of rotatable bonds is 1. The largest absolute Gasteiger partial charge is 0.374 e. The fourth-order valence-corrected chi connectivity index (χ4v) is 1.10. The quantitative estimate of drug-likeness (QED) is 0.609. The van der Waals surface area contributed by atoms with E-state index in [-0.39, 0.29) is 0 Å². The third kappa shape index (κ3) is 1.69. The van der Waals surface area contributed by atoms with Gasteiger partial charge in [0.05, 0.1) is 0 Å². The topological polar surface area (TPSA) is 30.9 Å². The number of likely N-dealkylation sites (N-methyl/N-ethyl adjacent to an activating group) is 1. The molecule has 12 heavy (non-hydrogen) atoms. The Balaban J connectivity index is 2.83. The van der Waals surface area contributed by atoms with E-state index >= 15 is 0 Å². The smallest absolute Gasteiger partial charge is 0.122 e. The molecule has 0 aromatic rings. The molecule has 1 N–H and O–H groups in total. The van der Waals surface area contributed by atoms with Crippen molar-refractivity contribution < 1.29 is 0 Å². The van der Waals surface area contributed by atoms with Crippen LogP contribution in [0, 0.1) is 0 Å². The van der Waals surface area contributed by atoms with E-state index in [1.807, 2.05) is 33.1 Å². The van der Waals surface area contributed by atoms with Gasteiger partial charge in [0.2, 0.25) is 0 Å². The van der Waals surface area contributed by atoms with Crippen LogP contribution in [-0.2, 0) is 0 Å². The first-order chi connectivity index (χ1) is 5.65. The van der Waals surface area contributed by atoms with Crippen LogP contribution in [0.25, 0.3) is 0 Å². The van der Waals surface area contributed by atoms with Gasteiger partial charge in [-0.05, 0) is 13.0 Å². The highest BCUT2D eigenvalue weighted by Crippen LogP contribution is 2.04. The van der Waals surface area contributed by atoms with Crippen LogP contribution in [0.1, 0.15) is 6.92 Å². The van der Waals surface area contributed by atoms with Crippen LogP contribution in [0.3, 0.4) is 0 Å². The minimum absolute atomic E-state index is 0.899. The average Bonchev–Trinajstić information content (AvgIpc) is 2.14. The molecule has 1 aliphatic rings. The maximum atomic E-state index is 4.35. The van der Waals surface area contributed by atoms with Gasteiger partial charge < -0.3 is 10.2 Å². The lowest BCUT2D eigenvalue weighted by atomic mass is 10.4. The molecule has 0 aromatic carbocycles. The second kappa shape index (κ2) is 3.47. The molecule has 0 unspecified atom stereocenters. The zero-order chi connectivity index (χ0) is 9.14. The number of nitrogens with one attached hydrogen (secondary N) is 1. The standard InChI is InChI=1S/C8H16N4/c1-7-10-12(4)8(9-2)5-6-11(7)3/h5,9H,6H2,1-4H3. The van der Waals surface area contributed by atoms with Crippen LogP contribution in [-0.4, -0.2) is 43.4 Å². The average molecular weight is 168 g/mol. The van der Waals surface area contributed by atoms with E-state index in [1.54, 1.807) is 0 Å². The second-order valence-corrected chi connectivity index (χ2v) is 2.89. The molecule has 0 bridgehead atoms. The highest BCUT2D eigenvalue weighted by molar-refractivity contribution is 5.79. The van der Waals surface area contributed by atoms with E-state index in [2.05, 4.69) is 21.4 Å². The minimum Gasteiger partial charge on any atom is -0.374 e. The Bertz CT molecular complexity index is 219. The number of hydrogen-bond acceptors (Lipinski definition) is 4. The Labute approximate surface area is 73.5 Å². The molecule has 68 valence electrons. The lowest BCUT2D eigenvalue weighted by Gasteiger charge is -2.16. The van der Waals surface area contributed by atoms with Crippen LogP contribution in [0.5, 0.6) is 0 Å². The molecule has 1 aliphatic heterocycles. The van der Waals surface area contributed by atoms with Gasteiger partial charge in [-0.1, -0.05) is 0 Å². The molecular weight excluding hydrogens is 152 g/mol. The monoisotopic (exact) mass is 168 g/mol. The summed E-state index contributed by atoms with van der Waals surface area (Å²) >= 11 is 0. The van der Waals surface area contributed by atoms with Crippen LogP contribution >= 0.6 is 0 Å². The Morgan fingerprint density at radius 3 is 2.75 bits per heavy atom. The van der Waals surface area contributed by atoms with E-state index in [4.69, 9.17) is 0 Å². The van der Waals surface area contributed by atoms with Gasteiger partial charge in [0.1, 0.15) is 11.7 Å². The zero-order valence-corrected chi connectivity index (χ0v) is 8.13. The summed E-state index contributed by atoms with van der Waals surface area (Å²) in [4.78, 5) is 2.10. The van der Waals surface area contributed by atoms with Crippen LogP contribution in [0.4, 0.5) is 0 Å². The molecule has 0 saturated carbocycles. The summed E-state index contributed by atoms with van der Waals surface area (Å²) in [5, 5.41) is 9.29. The second-order valence-electron chi connectivity index (χ2n) is 2.89. The Hall–Kier alpha value is -1.19. The van der Waals surface area contributed by atoms with Crippen LogP contribution < -0.4 is 5.32 Å². The van der Waals surface area contributed by atoms with Crippen LogP contribution in [0.2, 0.25) is 0 Å². The summed E-state index contributed by atoms with van der Waals surface area (Å²) in [5.41, 5.74) is 0. The SMILES string of the molecule is CNC1=CCN(C)C(C)=NN1C. The highest BCUT2D eigenvalue weighted by atomic mass is 15.5. The van der Waals surface area contributed by atoms with Crippen molar-refractivity contribution in [2.24, 2.45) is 5.10 Å². The molecule has 0 amide bonds. The molecule has 0 aromatic heterocycles. The summed E-state index contributed by atoms with van der Waals surface area (Å²) in [6, 6.07) is 0. The van der Waals surface area contributed by atoms with Crippen molar-refractivity contribution in [2.45, 2.75) is 6.92 Å². The summed E-state index contributed by atoms with van der Waals surface area (Å²) in [6.45, 7) is 2.90. The molecule has 4 nitrogen and oxygen atoms in total. The first kappa shape index (κ1) is 8.90. The van der Waals surface area contributed by atoms with Crippen molar-refractivity contribution in [1.82, 2.24) is 15.2 Å². The summed E-state index contributed by atoms with van der Waals surface area (Å²) in [7, 11) is 5.87. The predicted molar refractivity (Wildman–Crippen MR) is 50.6 cm³/mol. The summed E-state index contributed by atoms with van der Waals surface area (Å²) in [6.07, 6.45) is 2.11. The first-order valence-electron chi connectivity index (χ1n) is 4.03. The number of nitrogens with zero attached hydrogens (tertiary/aromatic N) is 3. The maximum Gasteiger partial charge on any atom is 0.122 e. The van der Waals surface area contributed by atoms with Gasteiger partial charge in [-0.3, -0.25) is 5.01 Å². The molecule has 1 rings (SSSR count). The third-order valence-corrected chi connectivity index (χ3v) is 2.01. The van der Waals surface area contributed by atoms with Crippen molar-refractivity contribution in [2.75, 3.05) is 27.7 Å². The Morgan fingerprint density at radius 1 is 1.50 bits per heavy atom. The molecule has 0 fully saturated rings. The number of amidine groups is 1. The van der Waals surface area contributed by atoms with Gasteiger partial charge in [0, 0.05) is 27.7 Å². The fourth-order valence-electron chi connectivity index (χ4n) is 1.10. The Morgan fingerprint density at radius 2 is 2.17 bits per heavy atom. The lowest BCUT2D eigenvalue weighted by Crippen LogP contribution is -2.24. The molecule has 0 atom stereocenters. The van der Waals surface area contributed by atoms with Gasteiger partial charge in [-0.15, -0.1) is 0 Å². The van der Waals surface area contributed by atoms with Gasteiger partial charge in [-0.25, -0.2) is 0 Å². The van der Waals surface area contributed by atoms with Crippen molar-refractivity contribution in [1.29, 1.82) is 0 Å². The molecule has 0 aliphatic carbocycles. The van der Waals surface area contributed by atoms with Crippen molar-refractivity contribution in [3.8, 4) is 0 Å². The van der Waals surface area contributed by atoms with Crippen molar-refractivity contribution >= 4 is 5.84 Å². The molecule has 0 spiro atoms. The summed E-state index contributed by atoms with van der Waals surface area (Å²) in [5.74, 6) is 2.07. The van der Waals surface area contributed by atoms with Gasteiger partial charge in [0.25, 0.3) is 0 Å². The van der Waals surface area contributed by atoms with Crippen molar-refractivity contribution in [3.63, 3.8) is 0 Å². The predicted octanol–water partition coefficient (Wildman–Crippen LogP) is 0.258. The molecule has 4 heteroatoms. The molecule has 0 radical (unpaired) electrons. The molecule has 1 heterocycles. The van der Waals surface area contributed by atoms with Gasteiger partial charge in [0.15, 0.2) is 0 Å². The van der Waals surface area contributed by atoms with E-state index in [0.29, 0.717) is 0 Å². The van der Waals surface area contributed by atoms with E-state index in [1.165, 1.54) is 0 Å². The van der Waals surface area contributed by atoms with Gasteiger partial charge in [-0.2, -0.15) is 5.10 Å². The highest BCUT2D eigenvalue weighted by Gasteiger charge is 2.08. The summed E-state index contributed by atoms with van der Waals surface area (Å²) < 4.78 is 0. The van der Waals surface area contributed by atoms with Crippen LogP contribution in [0.15, 0.2) is 17.0 Å². The Kier molecular flexibility index (Phi) is 2.58. The van der Waals surface area contributed by atoms with Gasteiger partial charge >= 0.3 is 0 Å². The van der Waals surface area contributed by atoms with E-state index < -0.39 is 0 Å². The minimum atomic E-state index is 0.899. The number of hydrogen-bond donors (Lipinski definition) is 1. The van der Waals surface area contributed by atoms with E-state index in [0.717, 1.165) is 18.2 Å². The van der Waals surface area contributed by atoms with E-state index in [9.17, 15) is 0 Å². The molecule has 0 saturated heterocycles.